The fourth-order valence-electron chi connectivity index (χ4n) is 1.98. The number of hydrogen-bond donors (Lipinski definition) is 1. The summed E-state index contributed by atoms with van der Waals surface area (Å²) >= 11 is 0. The monoisotopic (exact) mass is 246 g/mol. The summed E-state index contributed by atoms with van der Waals surface area (Å²) in [6.45, 7) is 0.188. The van der Waals surface area contributed by atoms with Gasteiger partial charge < -0.3 is 10.0 Å². The van der Waals surface area contributed by atoms with Gasteiger partial charge in [-0.05, 0) is 6.07 Å². The fourth-order valence-corrected chi connectivity index (χ4v) is 1.98. The summed E-state index contributed by atoms with van der Waals surface area (Å²) in [6.07, 6.45) is 5.39. The fraction of sp³-hybridized carbons (Fsp3) is 0.250. The first-order valence-corrected chi connectivity index (χ1v) is 5.27. The molecule has 2 rings (SSSR count). The van der Waals surface area contributed by atoms with Crippen LogP contribution in [0.5, 0.6) is 5.75 Å². The quantitative estimate of drug-likeness (QED) is 0.484. The molecule has 1 unspecified atom stereocenters. The van der Waals surface area contributed by atoms with Crippen molar-refractivity contribution in [1.29, 1.82) is 0 Å². The van der Waals surface area contributed by atoms with Gasteiger partial charge in [-0.25, -0.2) is 0 Å². The van der Waals surface area contributed by atoms with Gasteiger partial charge in [0.05, 0.1) is 4.92 Å². The Morgan fingerprint density at radius 2 is 2.28 bits per heavy atom. The first-order valence-electron chi connectivity index (χ1n) is 5.27. The van der Waals surface area contributed by atoms with E-state index < -0.39 is 4.92 Å². The van der Waals surface area contributed by atoms with Gasteiger partial charge in [0.1, 0.15) is 5.75 Å². The molecule has 0 radical (unpaired) electrons. The molecule has 0 aromatic heterocycles. The molecule has 1 atom stereocenters. The third kappa shape index (κ3) is 1.86. The summed E-state index contributed by atoms with van der Waals surface area (Å²) in [4.78, 5) is 23.2. The molecule has 0 bridgehead atoms. The van der Waals surface area contributed by atoms with Crippen LogP contribution in [0.15, 0.2) is 18.2 Å². The molecule has 1 heterocycles. The van der Waals surface area contributed by atoms with Gasteiger partial charge in [-0.1, -0.05) is 6.07 Å². The van der Waals surface area contributed by atoms with E-state index in [0.29, 0.717) is 0 Å². The van der Waals surface area contributed by atoms with Crippen molar-refractivity contribution in [3.63, 3.8) is 0 Å². The highest BCUT2D eigenvalue weighted by Crippen LogP contribution is 2.39. The van der Waals surface area contributed by atoms with Crippen molar-refractivity contribution >= 4 is 17.3 Å². The number of nitro benzene ring substituents is 1. The summed E-state index contributed by atoms with van der Waals surface area (Å²) in [5.74, 6) is 1.55. The van der Waals surface area contributed by atoms with Crippen molar-refractivity contribution in [3.8, 4) is 18.1 Å². The maximum absolute atomic E-state index is 11.8. The zero-order valence-electron chi connectivity index (χ0n) is 9.37. The van der Waals surface area contributed by atoms with Gasteiger partial charge in [0.25, 0.3) is 5.69 Å². The number of phenolic OH excluding ortho intramolecular Hbond substituents is 1. The molecule has 0 saturated carbocycles. The van der Waals surface area contributed by atoms with Crippen LogP contribution in [0.1, 0.15) is 6.42 Å². The zero-order chi connectivity index (χ0) is 13.3. The van der Waals surface area contributed by atoms with E-state index in [0.717, 1.165) is 0 Å². The number of terminal acetylenes is 1. The molecule has 6 nitrogen and oxygen atoms in total. The van der Waals surface area contributed by atoms with Crippen LogP contribution < -0.4 is 4.90 Å². The molecule has 1 aromatic rings. The van der Waals surface area contributed by atoms with Crippen LogP contribution in [0, 0.1) is 28.4 Å². The highest BCUT2D eigenvalue weighted by Gasteiger charge is 2.35. The number of nitrogens with zero attached hydrogens (tertiary/aromatic N) is 2. The van der Waals surface area contributed by atoms with Crippen LogP contribution in [-0.2, 0) is 4.79 Å². The van der Waals surface area contributed by atoms with E-state index in [1.807, 2.05) is 0 Å². The third-order valence-corrected chi connectivity index (χ3v) is 2.82. The molecule has 1 N–H and O–H groups in total. The highest BCUT2D eigenvalue weighted by molar-refractivity contribution is 5.99. The first kappa shape index (κ1) is 11.9. The second-order valence-corrected chi connectivity index (χ2v) is 3.97. The highest BCUT2D eigenvalue weighted by atomic mass is 16.6. The molecule has 1 saturated heterocycles. The van der Waals surface area contributed by atoms with Gasteiger partial charge in [-0.2, -0.15) is 0 Å². The van der Waals surface area contributed by atoms with Crippen LogP contribution in [-0.4, -0.2) is 22.5 Å². The second-order valence-electron chi connectivity index (χ2n) is 3.97. The minimum Gasteiger partial charge on any atom is -0.505 e. The number of benzene rings is 1. The number of rotatable bonds is 2. The van der Waals surface area contributed by atoms with E-state index >= 15 is 0 Å². The molecular formula is C12H10N2O4. The largest absolute Gasteiger partial charge is 0.505 e. The van der Waals surface area contributed by atoms with Gasteiger partial charge in [-0.15, -0.1) is 12.3 Å². The van der Waals surface area contributed by atoms with E-state index in [4.69, 9.17) is 6.42 Å². The number of carbonyl (C=O) groups is 1. The molecule has 1 amide bonds. The van der Waals surface area contributed by atoms with E-state index in [9.17, 15) is 20.0 Å². The topological polar surface area (TPSA) is 83.7 Å². The van der Waals surface area contributed by atoms with Gasteiger partial charge in [0.2, 0.25) is 5.91 Å². The molecule has 92 valence electrons. The zero-order valence-corrected chi connectivity index (χ0v) is 9.37. The molecule has 18 heavy (non-hydrogen) atoms. The predicted molar refractivity (Wildman–Crippen MR) is 64.1 cm³/mol. The molecule has 1 fully saturated rings. The normalized spacial score (nSPS) is 18.7. The molecular weight excluding hydrogens is 236 g/mol. The number of aromatic hydroxyl groups is 1. The van der Waals surface area contributed by atoms with Gasteiger partial charge in [0, 0.05) is 24.9 Å². The lowest BCUT2D eigenvalue weighted by molar-refractivity contribution is -0.384. The van der Waals surface area contributed by atoms with Crippen LogP contribution in [0.4, 0.5) is 11.4 Å². The maximum atomic E-state index is 11.8. The van der Waals surface area contributed by atoms with Crippen molar-refractivity contribution < 1.29 is 14.8 Å². The predicted octanol–water partition coefficient (Wildman–Crippen LogP) is 1.29. The summed E-state index contributed by atoms with van der Waals surface area (Å²) < 4.78 is 0. The Bertz CT molecular complexity index is 562. The second kappa shape index (κ2) is 4.37. The molecule has 0 aliphatic carbocycles. The number of para-hydroxylation sites is 1. The molecule has 1 aliphatic heterocycles. The van der Waals surface area contributed by atoms with Crippen LogP contribution in [0.3, 0.4) is 0 Å². The van der Waals surface area contributed by atoms with E-state index in [1.165, 1.54) is 23.1 Å². The molecule has 1 aromatic carbocycles. The lowest BCUT2D eigenvalue weighted by Gasteiger charge is -2.16. The number of phenols is 1. The number of hydrogen-bond acceptors (Lipinski definition) is 4. The molecule has 0 spiro atoms. The standard InChI is InChI=1S/C12H10N2O4/c1-2-8-6-11(16)13(7-8)12-9(14(17)18)4-3-5-10(12)15/h1,3-5,8,15H,6-7H2. The Balaban J connectivity index is 2.49. The smallest absolute Gasteiger partial charge is 0.296 e. The summed E-state index contributed by atoms with van der Waals surface area (Å²) in [7, 11) is 0. The molecule has 6 heteroatoms. The number of amides is 1. The number of anilines is 1. The van der Waals surface area contributed by atoms with Crippen LogP contribution >= 0.6 is 0 Å². The summed E-state index contributed by atoms with van der Waals surface area (Å²) in [6, 6.07) is 3.90. The minimum atomic E-state index is -0.633. The lowest BCUT2D eigenvalue weighted by Crippen LogP contribution is -2.25. The van der Waals surface area contributed by atoms with Crippen molar-refractivity contribution in [3.05, 3.63) is 28.3 Å². The van der Waals surface area contributed by atoms with E-state index in [1.54, 1.807) is 0 Å². The van der Waals surface area contributed by atoms with Crippen molar-refractivity contribution in [2.45, 2.75) is 6.42 Å². The van der Waals surface area contributed by atoms with Crippen molar-refractivity contribution in [2.75, 3.05) is 11.4 Å². The average molecular weight is 246 g/mol. The molecule has 1 aliphatic rings. The number of carbonyl (C=O) groups excluding carboxylic acids is 1. The Morgan fingerprint density at radius 3 is 2.83 bits per heavy atom. The van der Waals surface area contributed by atoms with Crippen molar-refractivity contribution in [2.24, 2.45) is 5.92 Å². The minimum absolute atomic E-state index is 0.0785. The maximum Gasteiger partial charge on any atom is 0.296 e. The van der Waals surface area contributed by atoms with Crippen LogP contribution in [0.2, 0.25) is 0 Å². The Labute approximate surface area is 103 Å². The average Bonchev–Trinajstić information content (AvgIpc) is 2.70. The Kier molecular flexibility index (Phi) is 2.90. The van der Waals surface area contributed by atoms with E-state index in [2.05, 4.69) is 5.92 Å². The van der Waals surface area contributed by atoms with E-state index in [-0.39, 0.29) is 41.9 Å². The van der Waals surface area contributed by atoms with Gasteiger partial charge >= 0.3 is 0 Å². The Morgan fingerprint density at radius 1 is 1.56 bits per heavy atom. The Hall–Kier alpha value is -2.55. The number of nitro groups is 1. The summed E-state index contributed by atoms with van der Waals surface area (Å²) in [5, 5.41) is 20.6. The lowest BCUT2D eigenvalue weighted by atomic mass is 10.1. The van der Waals surface area contributed by atoms with Gasteiger partial charge in [0.15, 0.2) is 5.69 Å². The van der Waals surface area contributed by atoms with Crippen molar-refractivity contribution in [1.82, 2.24) is 0 Å². The first-order chi connectivity index (χ1) is 8.54. The summed E-state index contributed by atoms with van der Waals surface area (Å²) in [5.41, 5.74) is -0.383. The van der Waals surface area contributed by atoms with Crippen LogP contribution in [0.25, 0.3) is 0 Å². The third-order valence-electron chi connectivity index (χ3n) is 2.82. The van der Waals surface area contributed by atoms with Gasteiger partial charge in [-0.3, -0.25) is 14.9 Å². The SMILES string of the molecule is C#CC1CC(=O)N(c2c(O)cccc2[N+](=O)[O-])C1.